The molecule has 7 heteroatoms. The van der Waals surface area contributed by atoms with Crippen LogP contribution in [0.4, 0.5) is 0 Å². The molecule has 0 fully saturated rings. The van der Waals surface area contributed by atoms with Crippen LogP contribution in [-0.4, -0.2) is 38.9 Å². The number of amides is 1. The van der Waals surface area contributed by atoms with Crippen LogP contribution in [0, 0.1) is 0 Å². The van der Waals surface area contributed by atoms with Gasteiger partial charge in [-0.25, -0.2) is 4.99 Å². The van der Waals surface area contributed by atoms with Gasteiger partial charge in [-0.2, -0.15) is 0 Å². The average Bonchev–Trinajstić information content (AvgIpc) is 3.16. The molecule has 2 rings (SSSR count). The van der Waals surface area contributed by atoms with Gasteiger partial charge < -0.3 is 18.6 Å². The summed E-state index contributed by atoms with van der Waals surface area (Å²) in [7, 11) is 1.57. The smallest absolute Gasteiger partial charge is 0.292 e. The molecular weight excluding hydrogens is 324 g/mol. The SMILES string of the molecule is CCOCCOC(=NCc1ccco1)NC(=O)c1ccc(OC)cc1. The van der Waals surface area contributed by atoms with Crippen LogP contribution in [0.15, 0.2) is 52.1 Å². The number of furan rings is 1. The maximum Gasteiger partial charge on any atom is 0.292 e. The first-order valence-corrected chi connectivity index (χ1v) is 7.95. The lowest BCUT2D eigenvalue weighted by molar-refractivity contribution is 0.0921. The fourth-order valence-corrected chi connectivity index (χ4v) is 1.93. The molecule has 0 bridgehead atoms. The minimum atomic E-state index is -0.322. The Labute approximate surface area is 146 Å². The van der Waals surface area contributed by atoms with E-state index in [9.17, 15) is 4.79 Å². The summed E-state index contributed by atoms with van der Waals surface area (Å²) in [5, 5.41) is 2.66. The fraction of sp³-hybridized carbons (Fsp3) is 0.333. The van der Waals surface area contributed by atoms with Gasteiger partial charge >= 0.3 is 0 Å². The van der Waals surface area contributed by atoms with Crippen LogP contribution in [-0.2, 0) is 16.0 Å². The summed E-state index contributed by atoms with van der Waals surface area (Å²) >= 11 is 0. The Morgan fingerprint density at radius 3 is 2.64 bits per heavy atom. The number of aliphatic imine (C=N–C) groups is 1. The molecule has 2 aromatic rings. The molecular formula is C18H22N2O5. The molecule has 7 nitrogen and oxygen atoms in total. The van der Waals surface area contributed by atoms with Crippen molar-refractivity contribution in [3.63, 3.8) is 0 Å². The second-order valence-electron chi connectivity index (χ2n) is 4.93. The summed E-state index contributed by atoms with van der Waals surface area (Å²) in [5.74, 6) is 1.03. The topological polar surface area (TPSA) is 82.3 Å². The van der Waals surface area contributed by atoms with Crippen molar-refractivity contribution in [2.75, 3.05) is 26.9 Å². The lowest BCUT2D eigenvalue weighted by Crippen LogP contribution is -2.33. The summed E-state index contributed by atoms with van der Waals surface area (Å²) in [5.41, 5.74) is 0.472. The Bertz CT molecular complexity index is 665. The molecule has 0 radical (unpaired) electrons. The van der Waals surface area contributed by atoms with Crippen LogP contribution in [0.2, 0.25) is 0 Å². The Balaban J connectivity index is 1.99. The van der Waals surface area contributed by atoms with Crippen molar-refractivity contribution in [1.82, 2.24) is 5.32 Å². The van der Waals surface area contributed by atoms with Gasteiger partial charge in [-0.3, -0.25) is 10.1 Å². The summed E-state index contributed by atoms with van der Waals surface area (Å²) < 4.78 is 21.0. The number of ether oxygens (including phenoxy) is 3. The average molecular weight is 346 g/mol. The Morgan fingerprint density at radius 2 is 2.00 bits per heavy atom. The van der Waals surface area contributed by atoms with Crippen LogP contribution < -0.4 is 10.1 Å². The minimum absolute atomic E-state index is 0.122. The Morgan fingerprint density at radius 1 is 1.20 bits per heavy atom. The van der Waals surface area contributed by atoms with Gasteiger partial charge in [0.1, 0.15) is 24.7 Å². The molecule has 134 valence electrons. The highest BCUT2D eigenvalue weighted by Gasteiger charge is 2.10. The predicted octanol–water partition coefficient (Wildman–Crippen LogP) is 2.63. The van der Waals surface area contributed by atoms with Gasteiger partial charge in [0.15, 0.2) is 0 Å². The van der Waals surface area contributed by atoms with Gasteiger partial charge in [0.05, 0.1) is 20.0 Å². The summed E-state index contributed by atoms with van der Waals surface area (Å²) in [6.07, 6.45) is 1.57. The first-order chi connectivity index (χ1) is 12.2. The zero-order valence-corrected chi connectivity index (χ0v) is 14.4. The van der Waals surface area contributed by atoms with Crippen molar-refractivity contribution in [3.8, 4) is 5.75 Å². The van der Waals surface area contributed by atoms with Crippen LogP contribution in [0.1, 0.15) is 23.0 Å². The number of hydrogen-bond acceptors (Lipinski definition) is 6. The van der Waals surface area contributed by atoms with Crippen LogP contribution in [0.25, 0.3) is 0 Å². The molecule has 1 aromatic heterocycles. The summed E-state index contributed by atoms with van der Waals surface area (Å²) in [6, 6.07) is 10.5. The van der Waals surface area contributed by atoms with Crippen LogP contribution >= 0.6 is 0 Å². The number of carbonyl (C=O) groups is 1. The third kappa shape index (κ3) is 6.31. The number of methoxy groups -OCH3 is 1. The van der Waals surface area contributed by atoms with E-state index in [-0.39, 0.29) is 25.1 Å². The molecule has 0 spiro atoms. The Kier molecular flexibility index (Phi) is 7.52. The number of amidine groups is 1. The molecule has 0 aliphatic heterocycles. The highest BCUT2D eigenvalue weighted by molar-refractivity contribution is 6.04. The number of nitrogens with one attached hydrogen (secondary N) is 1. The highest BCUT2D eigenvalue weighted by atomic mass is 16.5. The first kappa shape index (κ1) is 18.5. The minimum Gasteiger partial charge on any atom is -0.497 e. The van der Waals surface area contributed by atoms with Crippen molar-refractivity contribution in [2.45, 2.75) is 13.5 Å². The van der Waals surface area contributed by atoms with E-state index in [1.165, 1.54) is 0 Å². The number of carbonyl (C=O) groups excluding carboxylic acids is 1. The fourth-order valence-electron chi connectivity index (χ4n) is 1.93. The van der Waals surface area contributed by atoms with Crippen molar-refractivity contribution in [3.05, 3.63) is 54.0 Å². The highest BCUT2D eigenvalue weighted by Crippen LogP contribution is 2.11. The molecule has 0 saturated carbocycles. The van der Waals surface area contributed by atoms with Crippen LogP contribution in [0.3, 0.4) is 0 Å². The van der Waals surface area contributed by atoms with E-state index in [1.807, 2.05) is 6.92 Å². The number of benzene rings is 1. The molecule has 1 aromatic carbocycles. The zero-order valence-electron chi connectivity index (χ0n) is 14.4. The molecule has 0 saturated heterocycles. The number of hydrogen-bond donors (Lipinski definition) is 1. The molecule has 1 amide bonds. The second-order valence-corrected chi connectivity index (χ2v) is 4.93. The maximum absolute atomic E-state index is 12.3. The molecule has 1 N–H and O–H groups in total. The summed E-state index contributed by atoms with van der Waals surface area (Å²) in [4.78, 5) is 16.6. The summed E-state index contributed by atoms with van der Waals surface area (Å²) in [6.45, 7) is 3.46. The van der Waals surface area contributed by atoms with E-state index in [0.717, 1.165) is 0 Å². The maximum atomic E-state index is 12.3. The molecule has 0 aliphatic carbocycles. The van der Waals surface area contributed by atoms with Gasteiger partial charge in [-0.1, -0.05) is 0 Å². The zero-order chi connectivity index (χ0) is 17.9. The molecule has 1 heterocycles. The molecule has 25 heavy (non-hydrogen) atoms. The van der Waals surface area contributed by atoms with Gasteiger partial charge in [-0.05, 0) is 43.3 Å². The third-order valence-corrected chi connectivity index (χ3v) is 3.20. The first-order valence-electron chi connectivity index (χ1n) is 7.95. The predicted molar refractivity (Wildman–Crippen MR) is 92.8 cm³/mol. The van der Waals surface area contributed by atoms with Gasteiger partial charge in [0, 0.05) is 12.2 Å². The van der Waals surface area contributed by atoms with Gasteiger partial charge in [0.25, 0.3) is 11.9 Å². The van der Waals surface area contributed by atoms with Crippen molar-refractivity contribution in [2.24, 2.45) is 4.99 Å². The largest absolute Gasteiger partial charge is 0.497 e. The standard InChI is InChI=1S/C18H22N2O5/c1-3-23-11-12-25-18(19-13-16-5-4-10-24-16)20-17(21)14-6-8-15(22-2)9-7-14/h4-10H,3,11-13H2,1-2H3,(H,19,20,21). The molecule has 0 unspecified atom stereocenters. The quantitative estimate of drug-likeness (QED) is 0.451. The van der Waals surface area contributed by atoms with E-state index >= 15 is 0 Å². The van der Waals surface area contributed by atoms with E-state index in [0.29, 0.717) is 30.3 Å². The van der Waals surface area contributed by atoms with E-state index in [1.54, 1.807) is 49.8 Å². The van der Waals surface area contributed by atoms with Gasteiger partial charge in [0.2, 0.25) is 0 Å². The van der Waals surface area contributed by atoms with E-state index in [4.69, 9.17) is 18.6 Å². The number of rotatable bonds is 8. The third-order valence-electron chi connectivity index (χ3n) is 3.20. The second kappa shape index (κ2) is 10.1. The molecule has 0 aliphatic rings. The van der Waals surface area contributed by atoms with Crippen molar-refractivity contribution < 1.29 is 23.4 Å². The van der Waals surface area contributed by atoms with Crippen molar-refractivity contribution >= 4 is 11.9 Å². The normalized spacial score (nSPS) is 11.2. The van der Waals surface area contributed by atoms with Gasteiger partial charge in [-0.15, -0.1) is 0 Å². The van der Waals surface area contributed by atoms with Crippen molar-refractivity contribution in [1.29, 1.82) is 0 Å². The monoisotopic (exact) mass is 346 g/mol. The van der Waals surface area contributed by atoms with E-state index in [2.05, 4.69) is 10.3 Å². The lowest BCUT2D eigenvalue weighted by atomic mass is 10.2. The van der Waals surface area contributed by atoms with E-state index < -0.39 is 0 Å². The Hall–Kier alpha value is -2.80. The molecule has 0 atom stereocenters. The number of nitrogens with zero attached hydrogens (tertiary/aromatic N) is 1. The van der Waals surface area contributed by atoms with Crippen LogP contribution in [0.5, 0.6) is 5.75 Å². The lowest BCUT2D eigenvalue weighted by Gasteiger charge is -2.11.